The molecule has 0 atom stereocenters. The summed E-state index contributed by atoms with van der Waals surface area (Å²) in [6.45, 7) is 4.85. The van der Waals surface area contributed by atoms with Gasteiger partial charge in [-0.3, -0.25) is 14.9 Å². The van der Waals surface area contributed by atoms with E-state index in [1.54, 1.807) is 4.68 Å². The number of ether oxygens (including phenoxy) is 1. The third-order valence-electron chi connectivity index (χ3n) is 6.17. The predicted octanol–water partition coefficient (Wildman–Crippen LogP) is 3.83. The van der Waals surface area contributed by atoms with Crippen LogP contribution in [0.2, 0.25) is 5.02 Å². The minimum Gasteiger partial charge on any atom is -0.488 e. The van der Waals surface area contributed by atoms with Crippen molar-refractivity contribution in [2.75, 3.05) is 25.0 Å². The van der Waals surface area contributed by atoms with Crippen LogP contribution in [0.4, 0.5) is 10.6 Å². The van der Waals surface area contributed by atoms with Gasteiger partial charge in [0.15, 0.2) is 0 Å². The van der Waals surface area contributed by atoms with Gasteiger partial charge in [0.2, 0.25) is 0 Å². The molecule has 30 heavy (non-hydrogen) atoms. The van der Waals surface area contributed by atoms with Crippen LogP contribution in [-0.2, 0) is 13.5 Å². The molecular formula is C22H30ClN5O2. The number of nitrogens with one attached hydrogen (secondary N) is 2. The molecule has 1 aromatic heterocycles. The van der Waals surface area contributed by atoms with Gasteiger partial charge in [0, 0.05) is 43.3 Å². The molecule has 2 aromatic rings. The molecule has 4 rings (SSSR count). The number of halogens is 1. The number of nitrogens with zero attached hydrogens (tertiary/aromatic N) is 3. The molecule has 1 aromatic carbocycles. The molecule has 2 aliphatic rings. The number of urea groups is 1. The number of carbonyl (C=O) groups is 1. The quantitative estimate of drug-likeness (QED) is 0.666. The molecule has 7 nitrogen and oxygen atoms in total. The normalized spacial score (nSPS) is 18.4. The van der Waals surface area contributed by atoms with E-state index in [1.807, 2.05) is 37.4 Å². The minimum absolute atomic E-state index is 0.0988. The van der Waals surface area contributed by atoms with Crippen LogP contribution >= 0.6 is 11.6 Å². The monoisotopic (exact) mass is 431 g/mol. The number of anilines is 1. The molecule has 1 aliphatic heterocycles. The van der Waals surface area contributed by atoms with E-state index in [2.05, 4.69) is 27.6 Å². The molecule has 0 bridgehead atoms. The van der Waals surface area contributed by atoms with E-state index in [9.17, 15) is 4.79 Å². The zero-order chi connectivity index (χ0) is 21.1. The zero-order valence-corrected chi connectivity index (χ0v) is 18.4. The summed E-state index contributed by atoms with van der Waals surface area (Å²) in [5, 5.41) is 11.3. The highest BCUT2D eigenvalue weighted by atomic mass is 35.5. The van der Waals surface area contributed by atoms with Gasteiger partial charge in [-0.1, -0.05) is 18.5 Å². The maximum atomic E-state index is 12.6. The molecule has 1 saturated carbocycles. The van der Waals surface area contributed by atoms with Gasteiger partial charge in [0.05, 0.1) is 5.69 Å². The molecular weight excluding hydrogens is 402 g/mol. The molecule has 2 N–H and O–H groups in total. The number of aromatic nitrogens is 2. The number of likely N-dealkylation sites (tertiary alicyclic amines) is 1. The molecule has 0 spiro atoms. The minimum atomic E-state index is -0.145. The van der Waals surface area contributed by atoms with Crippen LogP contribution in [0.1, 0.15) is 38.3 Å². The lowest BCUT2D eigenvalue weighted by Gasteiger charge is -2.46. The van der Waals surface area contributed by atoms with Gasteiger partial charge in [0.25, 0.3) is 0 Å². The summed E-state index contributed by atoms with van der Waals surface area (Å²) in [6, 6.07) is 9.28. The molecule has 162 valence electrons. The van der Waals surface area contributed by atoms with Crippen molar-refractivity contribution in [1.29, 1.82) is 0 Å². The van der Waals surface area contributed by atoms with Crippen molar-refractivity contribution in [2.45, 2.75) is 50.7 Å². The number of amides is 2. The Kier molecular flexibility index (Phi) is 6.20. The molecule has 8 heteroatoms. The van der Waals surface area contributed by atoms with Crippen molar-refractivity contribution in [2.24, 2.45) is 7.05 Å². The Labute approximate surface area is 182 Å². The molecule has 1 aliphatic carbocycles. The lowest BCUT2D eigenvalue weighted by atomic mass is 9.74. The van der Waals surface area contributed by atoms with Gasteiger partial charge in [-0.15, -0.1) is 0 Å². The highest BCUT2D eigenvalue weighted by Crippen LogP contribution is 2.35. The van der Waals surface area contributed by atoms with Crippen LogP contribution in [0.15, 0.2) is 30.3 Å². The van der Waals surface area contributed by atoms with E-state index < -0.39 is 0 Å². The van der Waals surface area contributed by atoms with Crippen LogP contribution < -0.4 is 15.4 Å². The highest BCUT2D eigenvalue weighted by molar-refractivity contribution is 6.30. The highest BCUT2D eigenvalue weighted by Gasteiger charge is 2.40. The second kappa shape index (κ2) is 8.86. The standard InChI is InChI=1S/C22H30ClN5O2/c1-3-17-13-20(27(2)26-17)24-21(29)25-22(9-4-10-22)11-12-28-14-19(15-28)30-18-7-5-16(23)6-8-18/h5-8,13,19H,3-4,9-12,14-15H2,1-2H3,(H2,24,25,29). The van der Waals surface area contributed by atoms with Crippen molar-refractivity contribution in [3.8, 4) is 5.75 Å². The summed E-state index contributed by atoms with van der Waals surface area (Å²) in [6.07, 6.45) is 5.25. The molecule has 0 radical (unpaired) electrons. The van der Waals surface area contributed by atoms with Crippen LogP contribution in [0, 0.1) is 0 Å². The summed E-state index contributed by atoms with van der Waals surface area (Å²) in [5.41, 5.74) is 0.873. The maximum Gasteiger partial charge on any atom is 0.320 e. The second-order valence-electron chi connectivity index (χ2n) is 8.41. The first-order valence-electron chi connectivity index (χ1n) is 10.7. The molecule has 2 heterocycles. The Morgan fingerprint density at radius 2 is 2.03 bits per heavy atom. The fourth-order valence-electron chi connectivity index (χ4n) is 4.10. The van der Waals surface area contributed by atoms with Gasteiger partial charge in [-0.2, -0.15) is 5.10 Å². The first-order chi connectivity index (χ1) is 14.4. The van der Waals surface area contributed by atoms with Crippen molar-refractivity contribution >= 4 is 23.4 Å². The largest absolute Gasteiger partial charge is 0.488 e. The number of hydrogen-bond acceptors (Lipinski definition) is 4. The fraction of sp³-hybridized carbons (Fsp3) is 0.545. The Bertz CT molecular complexity index is 872. The van der Waals surface area contributed by atoms with Crippen molar-refractivity contribution in [3.05, 3.63) is 41.0 Å². The third kappa shape index (κ3) is 4.90. The number of benzene rings is 1. The molecule has 2 amide bonds. The molecule has 2 fully saturated rings. The second-order valence-corrected chi connectivity index (χ2v) is 8.85. The van der Waals surface area contributed by atoms with Crippen molar-refractivity contribution in [1.82, 2.24) is 20.0 Å². The number of aryl methyl sites for hydroxylation is 2. The SMILES string of the molecule is CCc1cc(NC(=O)NC2(CCN3CC(Oc4ccc(Cl)cc4)C3)CCC2)n(C)n1. The molecule has 1 saturated heterocycles. The van der Waals surface area contributed by atoms with Crippen molar-refractivity contribution < 1.29 is 9.53 Å². The summed E-state index contributed by atoms with van der Waals surface area (Å²) in [7, 11) is 1.85. The zero-order valence-electron chi connectivity index (χ0n) is 17.7. The average molecular weight is 432 g/mol. The van der Waals surface area contributed by atoms with E-state index in [-0.39, 0.29) is 17.7 Å². The fourth-order valence-corrected chi connectivity index (χ4v) is 4.23. The van der Waals surface area contributed by atoms with Gasteiger partial charge in [-0.25, -0.2) is 4.79 Å². The van der Waals surface area contributed by atoms with E-state index >= 15 is 0 Å². The lowest BCUT2D eigenvalue weighted by molar-refractivity contribution is 0.0101. The Balaban J connectivity index is 1.21. The summed E-state index contributed by atoms with van der Waals surface area (Å²) < 4.78 is 7.69. The Morgan fingerprint density at radius 3 is 2.63 bits per heavy atom. The van der Waals surface area contributed by atoms with E-state index in [4.69, 9.17) is 16.3 Å². The Morgan fingerprint density at radius 1 is 1.30 bits per heavy atom. The average Bonchev–Trinajstić information content (AvgIpc) is 3.02. The maximum absolute atomic E-state index is 12.6. The first kappa shape index (κ1) is 21.0. The predicted molar refractivity (Wildman–Crippen MR) is 118 cm³/mol. The van der Waals surface area contributed by atoms with Crippen molar-refractivity contribution in [3.63, 3.8) is 0 Å². The van der Waals surface area contributed by atoms with Crippen LogP contribution in [0.5, 0.6) is 5.75 Å². The summed E-state index contributed by atoms with van der Waals surface area (Å²) in [4.78, 5) is 15.0. The summed E-state index contributed by atoms with van der Waals surface area (Å²) >= 11 is 5.92. The van der Waals surface area contributed by atoms with Crippen LogP contribution in [0.3, 0.4) is 0 Å². The lowest BCUT2D eigenvalue weighted by Crippen LogP contribution is -2.59. The summed E-state index contributed by atoms with van der Waals surface area (Å²) in [5.74, 6) is 1.59. The smallest absolute Gasteiger partial charge is 0.320 e. The van der Waals surface area contributed by atoms with Gasteiger partial charge in [-0.05, 0) is 56.4 Å². The van der Waals surface area contributed by atoms with E-state index in [1.165, 1.54) is 0 Å². The van der Waals surface area contributed by atoms with Crippen LogP contribution in [-0.4, -0.2) is 52.0 Å². The first-order valence-corrected chi connectivity index (χ1v) is 11.1. The van der Waals surface area contributed by atoms with Gasteiger partial charge in [0.1, 0.15) is 17.7 Å². The molecule has 0 unspecified atom stereocenters. The van der Waals surface area contributed by atoms with Gasteiger partial charge < -0.3 is 10.1 Å². The van der Waals surface area contributed by atoms with E-state index in [0.717, 1.165) is 69.0 Å². The van der Waals surface area contributed by atoms with E-state index in [0.29, 0.717) is 5.02 Å². The third-order valence-corrected chi connectivity index (χ3v) is 6.42. The number of carbonyl (C=O) groups excluding carboxylic acids is 1. The number of hydrogen-bond donors (Lipinski definition) is 2. The topological polar surface area (TPSA) is 71.4 Å². The van der Waals surface area contributed by atoms with Crippen LogP contribution in [0.25, 0.3) is 0 Å². The number of rotatable bonds is 8. The Hall–Kier alpha value is -2.25. The van der Waals surface area contributed by atoms with Gasteiger partial charge >= 0.3 is 6.03 Å².